The van der Waals surface area contributed by atoms with E-state index in [-0.39, 0.29) is 10.9 Å². The van der Waals surface area contributed by atoms with Crippen molar-refractivity contribution < 1.29 is 8.78 Å². The van der Waals surface area contributed by atoms with Crippen LogP contribution in [0.1, 0.15) is 25.5 Å². The van der Waals surface area contributed by atoms with E-state index < -0.39 is 11.6 Å². The normalized spacial score (nSPS) is 10.9. The smallest absolute Gasteiger partial charge is 0.158 e. The van der Waals surface area contributed by atoms with Gasteiger partial charge >= 0.3 is 0 Å². The summed E-state index contributed by atoms with van der Waals surface area (Å²) in [6.07, 6.45) is 1.72. The van der Waals surface area contributed by atoms with Crippen LogP contribution in [0, 0.1) is 11.6 Å². The fraction of sp³-hybridized carbons (Fsp3) is 0.444. The molecule has 0 saturated heterocycles. The van der Waals surface area contributed by atoms with Crippen LogP contribution in [0.3, 0.4) is 0 Å². The second-order valence-corrected chi connectivity index (χ2v) is 3.80. The van der Waals surface area contributed by atoms with Gasteiger partial charge in [0.2, 0.25) is 0 Å². The summed E-state index contributed by atoms with van der Waals surface area (Å²) in [5.41, 5.74) is 0.325. The Labute approximate surface area is 80.6 Å². The molecule has 0 aromatic carbocycles. The molecule has 1 rings (SSSR count). The molecule has 0 aliphatic rings. The lowest BCUT2D eigenvalue weighted by Gasteiger charge is -2.07. The van der Waals surface area contributed by atoms with Crippen molar-refractivity contribution in [3.05, 3.63) is 23.4 Å². The molecule has 0 saturated carbocycles. The Morgan fingerprint density at radius 3 is 2.38 bits per heavy atom. The van der Waals surface area contributed by atoms with Gasteiger partial charge in [0.1, 0.15) is 10.8 Å². The Hall–Kier alpha value is -0.640. The lowest BCUT2D eigenvalue weighted by Crippen LogP contribution is -2.01. The Kier molecular flexibility index (Phi) is 3.25. The molecule has 0 N–H and O–H groups in total. The number of rotatable bonds is 2. The minimum Gasteiger partial charge on any atom is -0.240 e. The molecule has 0 atom stereocenters. The van der Waals surface area contributed by atoms with Gasteiger partial charge in [0, 0.05) is 6.07 Å². The third-order valence-electron chi connectivity index (χ3n) is 1.66. The molecule has 0 fully saturated rings. The number of thioether (sulfide) groups is 1. The van der Waals surface area contributed by atoms with E-state index in [1.807, 2.05) is 13.8 Å². The van der Waals surface area contributed by atoms with Gasteiger partial charge in [0.25, 0.3) is 0 Å². The number of halogens is 2. The molecule has 0 aliphatic carbocycles. The number of aromatic nitrogens is 1. The van der Waals surface area contributed by atoms with E-state index in [0.29, 0.717) is 5.69 Å². The van der Waals surface area contributed by atoms with Crippen LogP contribution >= 0.6 is 11.8 Å². The molecule has 72 valence electrons. The lowest BCUT2D eigenvalue weighted by molar-refractivity contribution is 0.526. The van der Waals surface area contributed by atoms with Crippen molar-refractivity contribution in [2.24, 2.45) is 0 Å². The van der Waals surface area contributed by atoms with E-state index >= 15 is 0 Å². The average Bonchev–Trinajstić information content (AvgIpc) is 2.03. The topological polar surface area (TPSA) is 12.9 Å². The van der Waals surface area contributed by atoms with Crippen molar-refractivity contribution in [1.82, 2.24) is 4.98 Å². The van der Waals surface area contributed by atoms with E-state index in [1.165, 1.54) is 11.8 Å². The first-order valence-electron chi connectivity index (χ1n) is 3.96. The zero-order valence-electron chi connectivity index (χ0n) is 7.77. The Balaban J connectivity index is 3.22. The maximum Gasteiger partial charge on any atom is 0.158 e. The average molecular weight is 203 g/mol. The predicted octanol–water partition coefficient (Wildman–Crippen LogP) is 3.21. The van der Waals surface area contributed by atoms with Crippen molar-refractivity contribution >= 4 is 11.8 Å². The largest absolute Gasteiger partial charge is 0.240 e. The lowest BCUT2D eigenvalue weighted by atomic mass is 10.1. The molecule has 0 radical (unpaired) electrons. The Morgan fingerprint density at radius 1 is 1.31 bits per heavy atom. The molecule has 0 aliphatic heterocycles. The summed E-state index contributed by atoms with van der Waals surface area (Å²) >= 11 is 1.18. The molecule has 0 amide bonds. The predicted molar refractivity (Wildman–Crippen MR) is 50.0 cm³/mol. The molecule has 0 bridgehead atoms. The van der Waals surface area contributed by atoms with Crippen LogP contribution in [0.4, 0.5) is 8.78 Å². The van der Waals surface area contributed by atoms with Crippen molar-refractivity contribution in [3.8, 4) is 0 Å². The van der Waals surface area contributed by atoms with Gasteiger partial charge in [-0.25, -0.2) is 13.8 Å². The summed E-state index contributed by atoms with van der Waals surface area (Å²) in [6, 6.07) is 0.897. The molecule has 1 aromatic heterocycles. The molecular weight excluding hydrogens is 192 g/mol. The van der Waals surface area contributed by atoms with E-state index in [2.05, 4.69) is 4.98 Å². The van der Waals surface area contributed by atoms with Crippen molar-refractivity contribution in [2.45, 2.75) is 24.8 Å². The highest BCUT2D eigenvalue weighted by Crippen LogP contribution is 2.23. The molecule has 0 spiro atoms. The van der Waals surface area contributed by atoms with E-state index in [0.717, 1.165) is 6.07 Å². The molecule has 4 heteroatoms. The number of nitrogens with zero attached hydrogens (tertiary/aromatic N) is 1. The summed E-state index contributed by atoms with van der Waals surface area (Å²) < 4.78 is 26.1. The van der Waals surface area contributed by atoms with E-state index in [9.17, 15) is 8.78 Å². The van der Waals surface area contributed by atoms with Gasteiger partial charge in [-0.3, -0.25) is 0 Å². The number of hydrogen-bond acceptors (Lipinski definition) is 2. The SMILES string of the molecule is CSc1nc(C(C)C)c(F)cc1F. The summed E-state index contributed by atoms with van der Waals surface area (Å²) in [7, 11) is 0. The first-order chi connectivity index (χ1) is 6.06. The van der Waals surface area contributed by atoms with Gasteiger partial charge in [-0.15, -0.1) is 11.8 Å². The van der Waals surface area contributed by atoms with E-state index in [4.69, 9.17) is 0 Å². The second kappa shape index (κ2) is 4.05. The highest BCUT2D eigenvalue weighted by molar-refractivity contribution is 7.98. The van der Waals surface area contributed by atoms with Crippen LogP contribution in [0.25, 0.3) is 0 Å². The maximum atomic E-state index is 13.1. The molecule has 13 heavy (non-hydrogen) atoms. The van der Waals surface area contributed by atoms with Crippen molar-refractivity contribution in [1.29, 1.82) is 0 Å². The van der Waals surface area contributed by atoms with Crippen LogP contribution < -0.4 is 0 Å². The summed E-state index contributed by atoms with van der Waals surface area (Å²) in [4.78, 5) is 3.90. The fourth-order valence-electron chi connectivity index (χ4n) is 1.01. The fourth-order valence-corrected chi connectivity index (χ4v) is 1.45. The quantitative estimate of drug-likeness (QED) is 0.684. The standard InChI is InChI=1S/C9H11F2NS/c1-5(2)8-6(10)4-7(11)9(12-8)13-3/h4-5H,1-3H3. The first-order valence-corrected chi connectivity index (χ1v) is 5.18. The van der Waals surface area contributed by atoms with Crippen LogP contribution in [-0.4, -0.2) is 11.2 Å². The molecule has 1 nitrogen and oxygen atoms in total. The molecule has 0 unspecified atom stereocenters. The number of hydrogen-bond donors (Lipinski definition) is 0. The summed E-state index contributed by atoms with van der Waals surface area (Å²) in [6.45, 7) is 3.65. The first kappa shape index (κ1) is 10.4. The monoisotopic (exact) mass is 203 g/mol. The number of pyridine rings is 1. The maximum absolute atomic E-state index is 13.1. The second-order valence-electron chi connectivity index (χ2n) is 3.00. The highest BCUT2D eigenvalue weighted by atomic mass is 32.2. The van der Waals surface area contributed by atoms with Crippen LogP contribution in [-0.2, 0) is 0 Å². The van der Waals surface area contributed by atoms with Gasteiger partial charge in [0.15, 0.2) is 5.82 Å². The minimum absolute atomic E-state index is 0.0218. The van der Waals surface area contributed by atoms with Crippen LogP contribution in [0.15, 0.2) is 11.1 Å². The van der Waals surface area contributed by atoms with Crippen LogP contribution in [0.5, 0.6) is 0 Å². The Morgan fingerprint density at radius 2 is 1.92 bits per heavy atom. The van der Waals surface area contributed by atoms with Crippen molar-refractivity contribution in [2.75, 3.05) is 6.26 Å². The highest BCUT2D eigenvalue weighted by Gasteiger charge is 2.13. The van der Waals surface area contributed by atoms with Gasteiger partial charge in [0.05, 0.1) is 5.69 Å². The third-order valence-corrected chi connectivity index (χ3v) is 2.34. The third kappa shape index (κ3) is 2.18. The van der Waals surface area contributed by atoms with E-state index in [1.54, 1.807) is 6.26 Å². The zero-order valence-corrected chi connectivity index (χ0v) is 8.58. The van der Waals surface area contributed by atoms with Crippen molar-refractivity contribution in [3.63, 3.8) is 0 Å². The summed E-state index contributed by atoms with van der Waals surface area (Å²) in [5.74, 6) is -1.17. The Bertz CT molecular complexity index is 313. The summed E-state index contributed by atoms with van der Waals surface area (Å²) in [5, 5.41) is 0.255. The van der Waals surface area contributed by atoms with Gasteiger partial charge < -0.3 is 0 Å². The molecule has 1 aromatic rings. The van der Waals surface area contributed by atoms with Gasteiger partial charge in [-0.2, -0.15) is 0 Å². The molecule has 1 heterocycles. The van der Waals surface area contributed by atoms with Gasteiger partial charge in [-0.1, -0.05) is 13.8 Å². The molecular formula is C9H11F2NS. The zero-order chi connectivity index (χ0) is 10.0. The van der Waals surface area contributed by atoms with Gasteiger partial charge in [-0.05, 0) is 12.2 Å². The van der Waals surface area contributed by atoms with Crippen LogP contribution in [0.2, 0.25) is 0 Å². The minimum atomic E-state index is -0.589.